The van der Waals surface area contributed by atoms with Crippen molar-refractivity contribution in [2.24, 2.45) is 0 Å². The third-order valence-corrected chi connectivity index (χ3v) is 4.63. The second kappa shape index (κ2) is 9.57. The number of nitrogens with zero attached hydrogens (tertiary/aromatic N) is 3. The second-order valence-electron chi connectivity index (χ2n) is 6.54. The predicted octanol–water partition coefficient (Wildman–Crippen LogP) is 3.88. The molecule has 0 aliphatic heterocycles. The highest BCUT2D eigenvalue weighted by Gasteiger charge is 2.09. The number of carbonyl (C=O) groups excluding carboxylic acids is 1. The van der Waals surface area contributed by atoms with Gasteiger partial charge in [0.2, 0.25) is 5.91 Å². The molecule has 0 atom stereocenters. The number of benzene rings is 1. The number of H-pyrrole nitrogens is 1. The average molecular weight is 446 g/mol. The van der Waals surface area contributed by atoms with E-state index in [-0.39, 0.29) is 11.7 Å². The zero-order valence-electron chi connectivity index (χ0n) is 15.5. The Morgan fingerprint density at radius 2 is 2.04 bits per heavy atom. The van der Waals surface area contributed by atoms with Gasteiger partial charge in [-0.3, -0.25) is 14.8 Å². The minimum Gasteiger partial charge on any atom is -0.310 e. The molecule has 28 heavy (non-hydrogen) atoms. The fourth-order valence-electron chi connectivity index (χ4n) is 2.75. The molecule has 0 saturated carbocycles. The van der Waals surface area contributed by atoms with Crippen LogP contribution in [0.15, 0.2) is 53.1 Å². The lowest BCUT2D eigenvalue weighted by molar-refractivity contribution is -0.117. The van der Waals surface area contributed by atoms with Crippen molar-refractivity contribution in [2.75, 3.05) is 25.5 Å². The van der Waals surface area contributed by atoms with E-state index in [0.29, 0.717) is 12.4 Å². The Labute approximate surface area is 171 Å². The summed E-state index contributed by atoms with van der Waals surface area (Å²) in [5.74, 6) is 0.173. The fraction of sp³-hybridized carbons (Fsp3) is 0.250. The number of hydrogen-bond acceptors (Lipinski definition) is 4. The summed E-state index contributed by atoms with van der Waals surface area (Å²) >= 11 is 3.31. The van der Waals surface area contributed by atoms with Crippen LogP contribution in [0.4, 0.5) is 10.2 Å². The summed E-state index contributed by atoms with van der Waals surface area (Å²) < 4.78 is 13.9. The van der Waals surface area contributed by atoms with E-state index < -0.39 is 0 Å². The Kier molecular flexibility index (Phi) is 6.89. The molecular formula is C20H21BrFN5O. The Morgan fingerprint density at radius 3 is 2.75 bits per heavy atom. The van der Waals surface area contributed by atoms with Crippen LogP contribution in [0.5, 0.6) is 0 Å². The lowest BCUT2D eigenvalue weighted by Gasteiger charge is -2.15. The van der Waals surface area contributed by atoms with Gasteiger partial charge in [-0.25, -0.2) is 9.37 Å². The Hall–Kier alpha value is -2.58. The van der Waals surface area contributed by atoms with Crippen LogP contribution in [-0.4, -0.2) is 46.1 Å². The minimum absolute atomic E-state index is 0.0996. The lowest BCUT2D eigenvalue weighted by Crippen LogP contribution is -2.31. The highest BCUT2D eigenvalue weighted by atomic mass is 79.9. The van der Waals surface area contributed by atoms with Crippen LogP contribution < -0.4 is 5.32 Å². The van der Waals surface area contributed by atoms with Gasteiger partial charge in [-0.1, -0.05) is 0 Å². The van der Waals surface area contributed by atoms with Gasteiger partial charge in [-0.2, -0.15) is 5.10 Å². The molecule has 146 valence electrons. The van der Waals surface area contributed by atoms with Crippen molar-refractivity contribution in [3.63, 3.8) is 0 Å². The second-order valence-corrected chi connectivity index (χ2v) is 7.45. The first-order valence-corrected chi connectivity index (χ1v) is 9.69. The largest absolute Gasteiger partial charge is 0.310 e. The molecule has 0 saturated heterocycles. The molecule has 0 aliphatic rings. The van der Waals surface area contributed by atoms with Gasteiger partial charge in [0, 0.05) is 21.9 Å². The van der Waals surface area contributed by atoms with Crippen molar-refractivity contribution in [1.29, 1.82) is 0 Å². The van der Waals surface area contributed by atoms with Gasteiger partial charge >= 0.3 is 0 Å². The normalized spacial score (nSPS) is 11.0. The van der Waals surface area contributed by atoms with E-state index in [0.717, 1.165) is 40.8 Å². The van der Waals surface area contributed by atoms with Crippen molar-refractivity contribution >= 4 is 27.7 Å². The maximum Gasteiger partial charge on any atom is 0.239 e. The average Bonchev–Trinajstić information content (AvgIpc) is 3.13. The molecule has 3 rings (SSSR count). The summed E-state index contributed by atoms with van der Waals surface area (Å²) in [6.45, 7) is 1.06. The number of nitrogens with one attached hydrogen (secondary N) is 2. The van der Waals surface area contributed by atoms with Crippen molar-refractivity contribution < 1.29 is 9.18 Å². The number of aromatic nitrogens is 3. The summed E-state index contributed by atoms with van der Waals surface area (Å²) in [5, 5.41) is 10.1. The third-order valence-electron chi connectivity index (χ3n) is 4.17. The highest BCUT2D eigenvalue weighted by molar-refractivity contribution is 9.10. The van der Waals surface area contributed by atoms with Crippen LogP contribution in [0.3, 0.4) is 0 Å². The Morgan fingerprint density at radius 1 is 1.25 bits per heavy atom. The number of halogens is 2. The summed E-state index contributed by atoms with van der Waals surface area (Å²) in [4.78, 5) is 18.2. The summed E-state index contributed by atoms with van der Waals surface area (Å²) in [6, 6.07) is 11.8. The Bertz CT molecular complexity index is 911. The smallest absolute Gasteiger partial charge is 0.239 e. The van der Waals surface area contributed by atoms with Crippen LogP contribution in [0.2, 0.25) is 0 Å². The van der Waals surface area contributed by atoms with E-state index in [9.17, 15) is 9.18 Å². The van der Waals surface area contributed by atoms with Gasteiger partial charge in [-0.05, 0) is 84.8 Å². The molecule has 3 aromatic rings. The van der Waals surface area contributed by atoms with E-state index >= 15 is 0 Å². The number of likely N-dealkylation sites (N-methyl/N-ethyl adjacent to an activating group) is 1. The first-order valence-electron chi connectivity index (χ1n) is 8.90. The number of aryl methyl sites for hydroxylation is 1. The summed E-state index contributed by atoms with van der Waals surface area (Å²) in [7, 11) is 1.91. The van der Waals surface area contributed by atoms with Crippen LogP contribution >= 0.6 is 15.9 Å². The van der Waals surface area contributed by atoms with E-state index in [1.54, 1.807) is 24.4 Å². The number of pyridine rings is 1. The number of rotatable bonds is 8. The SMILES string of the molecule is CN(CCCc1cc(-c2ccc(F)cc2)n[nH]1)CC(=O)Nc1ccc(Br)cn1. The molecular weight excluding hydrogens is 425 g/mol. The number of anilines is 1. The summed E-state index contributed by atoms with van der Waals surface area (Å²) in [6.07, 6.45) is 3.34. The van der Waals surface area contributed by atoms with Crippen molar-refractivity contribution in [1.82, 2.24) is 20.1 Å². The van der Waals surface area contributed by atoms with Gasteiger partial charge in [0.1, 0.15) is 11.6 Å². The third kappa shape index (κ3) is 5.97. The molecule has 2 heterocycles. The standard InChI is InChI=1S/C20H21BrFN5O/c1-27(13-20(28)24-19-9-6-15(21)12-23-19)10-2-3-17-11-18(26-25-17)14-4-7-16(22)8-5-14/h4-9,11-12H,2-3,10,13H2,1H3,(H,25,26)(H,23,24,28). The maximum atomic E-state index is 13.0. The molecule has 2 N–H and O–H groups in total. The number of hydrogen-bond donors (Lipinski definition) is 2. The minimum atomic E-state index is -0.262. The molecule has 0 spiro atoms. The van der Waals surface area contributed by atoms with Crippen LogP contribution in [0.25, 0.3) is 11.3 Å². The van der Waals surface area contributed by atoms with Gasteiger partial charge < -0.3 is 5.32 Å². The van der Waals surface area contributed by atoms with E-state index in [2.05, 4.69) is 36.4 Å². The Balaban J connectivity index is 1.41. The van der Waals surface area contributed by atoms with E-state index in [1.807, 2.05) is 24.1 Å². The van der Waals surface area contributed by atoms with Crippen molar-refractivity contribution in [2.45, 2.75) is 12.8 Å². The molecule has 6 nitrogen and oxygen atoms in total. The van der Waals surface area contributed by atoms with Gasteiger partial charge in [0.15, 0.2) is 0 Å². The number of aromatic amines is 1. The molecule has 0 fully saturated rings. The first-order chi connectivity index (χ1) is 13.5. The number of amides is 1. The molecule has 0 bridgehead atoms. The molecule has 1 amide bonds. The van der Waals surface area contributed by atoms with E-state index in [1.165, 1.54) is 12.1 Å². The molecule has 0 unspecified atom stereocenters. The predicted molar refractivity (Wildman–Crippen MR) is 110 cm³/mol. The number of carbonyl (C=O) groups is 1. The molecule has 8 heteroatoms. The molecule has 0 radical (unpaired) electrons. The van der Waals surface area contributed by atoms with Crippen molar-refractivity contribution in [3.05, 3.63) is 64.6 Å². The lowest BCUT2D eigenvalue weighted by atomic mass is 10.1. The highest BCUT2D eigenvalue weighted by Crippen LogP contribution is 2.18. The quantitative estimate of drug-likeness (QED) is 0.551. The van der Waals surface area contributed by atoms with Gasteiger partial charge in [-0.15, -0.1) is 0 Å². The van der Waals surface area contributed by atoms with Crippen molar-refractivity contribution in [3.8, 4) is 11.3 Å². The van der Waals surface area contributed by atoms with Gasteiger partial charge in [0.05, 0.1) is 12.2 Å². The zero-order chi connectivity index (χ0) is 19.9. The van der Waals surface area contributed by atoms with E-state index in [4.69, 9.17) is 0 Å². The van der Waals surface area contributed by atoms with Crippen LogP contribution in [0, 0.1) is 5.82 Å². The maximum absolute atomic E-state index is 13.0. The first kappa shape index (κ1) is 20.2. The van der Waals surface area contributed by atoms with Crippen LogP contribution in [0.1, 0.15) is 12.1 Å². The fourth-order valence-corrected chi connectivity index (χ4v) is 2.99. The van der Waals surface area contributed by atoms with Crippen LogP contribution in [-0.2, 0) is 11.2 Å². The van der Waals surface area contributed by atoms with Gasteiger partial charge in [0.25, 0.3) is 0 Å². The monoisotopic (exact) mass is 445 g/mol. The summed E-state index contributed by atoms with van der Waals surface area (Å²) in [5.41, 5.74) is 2.68. The molecule has 1 aromatic carbocycles. The molecule has 2 aromatic heterocycles. The topological polar surface area (TPSA) is 73.9 Å². The molecule has 0 aliphatic carbocycles. The zero-order valence-corrected chi connectivity index (χ0v) is 17.0.